The summed E-state index contributed by atoms with van der Waals surface area (Å²) >= 11 is 5.91. The van der Waals surface area contributed by atoms with Crippen LogP contribution in [0.2, 0.25) is 5.02 Å². The fraction of sp³-hybridized carbons (Fsp3) is 0. The number of pyridine rings is 1. The number of ether oxygens (including phenoxy) is 1. The molecule has 1 aromatic heterocycles. The lowest BCUT2D eigenvalue weighted by molar-refractivity contribution is 0.448. The minimum absolute atomic E-state index is 0.111. The summed E-state index contributed by atoms with van der Waals surface area (Å²) in [6.45, 7) is 0. The first kappa shape index (κ1) is 13.1. The van der Waals surface area contributed by atoms with E-state index in [2.05, 4.69) is 4.98 Å². The Labute approximate surface area is 114 Å². The summed E-state index contributed by atoms with van der Waals surface area (Å²) in [5, 5.41) is 0.348. The van der Waals surface area contributed by atoms with Gasteiger partial charge in [-0.25, -0.2) is 13.4 Å². The van der Waals surface area contributed by atoms with Crippen LogP contribution in [0.3, 0.4) is 0 Å². The molecule has 2 aromatic rings. The first-order valence-corrected chi connectivity index (χ1v) is 7.49. The van der Waals surface area contributed by atoms with Crippen LogP contribution in [0.4, 0.5) is 0 Å². The molecule has 4 nitrogen and oxygen atoms in total. The molecule has 0 spiro atoms. The van der Waals surface area contributed by atoms with Crippen LogP contribution in [-0.2, 0) is 9.05 Å². The highest BCUT2D eigenvalue weighted by atomic mass is 35.7. The van der Waals surface area contributed by atoms with Gasteiger partial charge >= 0.3 is 0 Å². The van der Waals surface area contributed by atoms with Crippen molar-refractivity contribution >= 4 is 31.3 Å². The monoisotopic (exact) mass is 303 g/mol. The van der Waals surface area contributed by atoms with Crippen LogP contribution in [-0.4, -0.2) is 13.4 Å². The van der Waals surface area contributed by atoms with E-state index in [0.29, 0.717) is 10.8 Å². The maximum atomic E-state index is 11.3. The molecule has 0 aliphatic carbocycles. The average Bonchev–Trinajstić information content (AvgIpc) is 2.31. The average molecular weight is 304 g/mol. The van der Waals surface area contributed by atoms with Crippen molar-refractivity contribution in [3.63, 3.8) is 0 Å². The van der Waals surface area contributed by atoms with Gasteiger partial charge in [-0.2, -0.15) is 0 Å². The molecule has 2 rings (SSSR count). The molecule has 94 valence electrons. The second-order valence-corrected chi connectivity index (χ2v) is 6.22. The van der Waals surface area contributed by atoms with Crippen molar-refractivity contribution in [2.45, 2.75) is 4.90 Å². The van der Waals surface area contributed by atoms with E-state index in [1.807, 2.05) is 0 Å². The van der Waals surface area contributed by atoms with Crippen LogP contribution in [0.25, 0.3) is 0 Å². The number of para-hydroxylation sites is 1. The predicted molar refractivity (Wildman–Crippen MR) is 68.8 cm³/mol. The summed E-state index contributed by atoms with van der Waals surface area (Å²) in [6.07, 6.45) is 1.40. The van der Waals surface area contributed by atoms with E-state index in [-0.39, 0.29) is 10.8 Å². The molecule has 7 heteroatoms. The summed E-state index contributed by atoms with van der Waals surface area (Å²) in [6, 6.07) is 9.42. The fourth-order valence-electron chi connectivity index (χ4n) is 1.27. The van der Waals surface area contributed by atoms with Crippen molar-refractivity contribution in [3.8, 4) is 11.6 Å². The highest BCUT2D eigenvalue weighted by Crippen LogP contribution is 2.32. The quantitative estimate of drug-likeness (QED) is 0.815. The number of rotatable bonds is 3. The molecule has 18 heavy (non-hydrogen) atoms. The van der Waals surface area contributed by atoms with Gasteiger partial charge in [0.15, 0.2) is 0 Å². The minimum Gasteiger partial charge on any atom is -0.436 e. The molecule has 0 atom stereocenters. The predicted octanol–water partition coefficient (Wildman–Crippen LogP) is 3.45. The molecule has 1 aromatic carbocycles. The normalized spacial score (nSPS) is 11.2. The SMILES string of the molecule is O=S(=O)(Cl)c1cccnc1Oc1ccccc1Cl. The summed E-state index contributed by atoms with van der Waals surface area (Å²) in [5.41, 5.74) is 0. The van der Waals surface area contributed by atoms with E-state index in [4.69, 9.17) is 27.0 Å². The van der Waals surface area contributed by atoms with E-state index < -0.39 is 9.05 Å². The van der Waals surface area contributed by atoms with Gasteiger partial charge < -0.3 is 4.74 Å². The number of aromatic nitrogens is 1. The van der Waals surface area contributed by atoms with Crippen LogP contribution in [0.1, 0.15) is 0 Å². The Kier molecular flexibility index (Phi) is 3.75. The number of nitrogens with zero attached hydrogens (tertiary/aromatic N) is 1. The van der Waals surface area contributed by atoms with Crippen molar-refractivity contribution in [2.75, 3.05) is 0 Å². The molecule has 0 saturated carbocycles. The standard InChI is InChI=1S/C11H7Cl2NO3S/c12-8-4-1-2-5-9(8)17-11-10(18(13,15)16)6-3-7-14-11/h1-7H. The van der Waals surface area contributed by atoms with E-state index in [1.54, 1.807) is 24.3 Å². The highest BCUT2D eigenvalue weighted by molar-refractivity contribution is 8.13. The summed E-state index contributed by atoms with van der Waals surface area (Å²) in [4.78, 5) is 3.63. The van der Waals surface area contributed by atoms with Crippen LogP contribution >= 0.6 is 22.3 Å². The number of hydrogen-bond donors (Lipinski definition) is 0. The van der Waals surface area contributed by atoms with Gasteiger partial charge in [-0.15, -0.1) is 0 Å². The van der Waals surface area contributed by atoms with Gasteiger partial charge in [-0.05, 0) is 24.3 Å². The first-order chi connectivity index (χ1) is 8.48. The van der Waals surface area contributed by atoms with Crippen molar-refractivity contribution in [3.05, 3.63) is 47.6 Å². The van der Waals surface area contributed by atoms with Crippen LogP contribution < -0.4 is 4.74 Å². The second kappa shape index (κ2) is 5.14. The Bertz CT molecular complexity index is 673. The van der Waals surface area contributed by atoms with E-state index in [0.717, 1.165) is 0 Å². The number of benzene rings is 1. The van der Waals surface area contributed by atoms with Gasteiger partial charge in [0.1, 0.15) is 10.6 Å². The largest absolute Gasteiger partial charge is 0.436 e. The first-order valence-electron chi connectivity index (χ1n) is 4.80. The molecule has 0 fully saturated rings. The molecule has 1 heterocycles. The maximum Gasteiger partial charge on any atom is 0.266 e. The molecule has 0 amide bonds. The van der Waals surface area contributed by atoms with Gasteiger partial charge in [0.2, 0.25) is 5.88 Å². The van der Waals surface area contributed by atoms with Crippen molar-refractivity contribution in [1.29, 1.82) is 0 Å². The maximum absolute atomic E-state index is 11.3. The van der Waals surface area contributed by atoms with Crippen LogP contribution in [0.15, 0.2) is 47.5 Å². The summed E-state index contributed by atoms with van der Waals surface area (Å²) in [5.74, 6) is 0.194. The third-order valence-electron chi connectivity index (χ3n) is 2.04. The molecule has 0 N–H and O–H groups in total. The third kappa shape index (κ3) is 2.93. The van der Waals surface area contributed by atoms with Crippen LogP contribution in [0, 0.1) is 0 Å². The minimum atomic E-state index is -3.92. The van der Waals surface area contributed by atoms with Crippen molar-refractivity contribution < 1.29 is 13.2 Å². The van der Waals surface area contributed by atoms with Crippen LogP contribution in [0.5, 0.6) is 11.6 Å². The Hall–Kier alpha value is -1.30. The zero-order chi connectivity index (χ0) is 13.2. The summed E-state index contributed by atoms with van der Waals surface area (Å²) in [7, 11) is 1.36. The zero-order valence-corrected chi connectivity index (χ0v) is 11.2. The molecular formula is C11H7Cl2NO3S. The lowest BCUT2D eigenvalue weighted by Gasteiger charge is -2.08. The zero-order valence-electron chi connectivity index (χ0n) is 8.88. The van der Waals surface area contributed by atoms with E-state index >= 15 is 0 Å². The Morgan fingerprint density at radius 3 is 2.50 bits per heavy atom. The molecule has 0 radical (unpaired) electrons. The summed E-state index contributed by atoms with van der Waals surface area (Å²) < 4.78 is 28.0. The lowest BCUT2D eigenvalue weighted by Crippen LogP contribution is -1.98. The highest BCUT2D eigenvalue weighted by Gasteiger charge is 2.18. The van der Waals surface area contributed by atoms with Gasteiger partial charge in [0.25, 0.3) is 9.05 Å². The third-order valence-corrected chi connectivity index (χ3v) is 3.69. The Morgan fingerprint density at radius 1 is 1.11 bits per heavy atom. The molecule has 0 bridgehead atoms. The van der Waals surface area contributed by atoms with Crippen molar-refractivity contribution in [1.82, 2.24) is 4.98 Å². The van der Waals surface area contributed by atoms with E-state index in [9.17, 15) is 8.42 Å². The Balaban J connectivity index is 2.45. The van der Waals surface area contributed by atoms with Gasteiger partial charge in [0, 0.05) is 16.9 Å². The van der Waals surface area contributed by atoms with Gasteiger partial charge in [-0.1, -0.05) is 23.7 Å². The molecule has 0 saturated heterocycles. The topological polar surface area (TPSA) is 56.3 Å². The second-order valence-electron chi connectivity index (χ2n) is 3.28. The van der Waals surface area contributed by atoms with Gasteiger partial charge in [-0.3, -0.25) is 0 Å². The smallest absolute Gasteiger partial charge is 0.266 e. The number of hydrogen-bond acceptors (Lipinski definition) is 4. The molecular weight excluding hydrogens is 297 g/mol. The van der Waals surface area contributed by atoms with Gasteiger partial charge in [0.05, 0.1) is 5.02 Å². The Morgan fingerprint density at radius 2 is 1.83 bits per heavy atom. The van der Waals surface area contributed by atoms with Crippen molar-refractivity contribution in [2.24, 2.45) is 0 Å². The molecule has 0 unspecified atom stereocenters. The molecule has 0 aliphatic rings. The fourth-order valence-corrected chi connectivity index (χ4v) is 2.34. The number of halogens is 2. The lowest BCUT2D eigenvalue weighted by atomic mass is 10.3. The van der Waals surface area contributed by atoms with E-state index in [1.165, 1.54) is 18.3 Å². The molecule has 0 aliphatic heterocycles.